The number of benzene rings is 2. The predicted molar refractivity (Wildman–Crippen MR) is 86.3 cm³/mol. The molecule has 1 atom stereocenters. The van der Waals surface area contributed by atoms with Crippen LogP contribution in [0, 0.1) is 6.92 Å². The van der Waals surface area contributed by atoms with Crippen LogP contribution in [0.15, 0.2) is 48.5 Å². The molecule has 0 fully saturated rings. The topological polar surface area (TPSA) is 9.23 Å². The van der Waals surface area contributed by atoms with Gasteiger partial charge in [-0.1, -0.05) is 76.8 Å². The van der Waals surface area contributed by atoms with Gasteiger partial charge in [0.15, 0.2) is 0 Å². The van der Waals surface area contributed by atoms with Crippen molar-refractivity contribution in [3.8, 4) is 5.75 Å². The first kappa shape index (κ1) is 15.5. The molecule has 0 N–H and O–H groups in total. The Labute approximate surface area is 134 Å². The Morgan fingerprint density at radius 3 is 1.70 bits per heavy atom. The normalized spacial score (nSPS) is 13.1. The van der Waals surface area contributed by atoms with Gasteiger partial charge in [0.1, 0.15) is 5.75 Å². The van der Waals surface area contributed by atoms with Gasteiger partial charge in [0.05, 0.1) is 13.0 Å². The van der Waals surface area contributed by atoms with Crippen molar-refractivity contribution >= 4 is 34.8 Å². The molecule has 0 heterocycles. The number of hydrogen-bond donors (Lipinski definition) is 0. The number of rotatable bonds is 3. The quantitative estimate of drug-likeness (QED) is 0.675. The monoisotopic (exact) mass is 328 g/mol. The van der Waals surface area contributed by atoms with Crippen LogP contribution in [0.5, 0.6) is 5.75 Å². The van der Waals surface area contributed by atoms with Gasteiger partial charge in [-0.2, -0.15) is 0 Å². The van der Waals surface area contributed by atoms with Crippen molar-refractivity contribution < 1.29 is 4.74 Å². The third-order valence-electron chi connectivity index (χ3n) is 3.19. The van der Waals surface area contributed by atoms with E-state index in [4.69, 9.17) is 39.5 Å². The maximum absolute atomic E-state index is 6.18. The molecular weight excluding hydrogens is 315 g/mol. The predicted octanol–water partition coefficient (Wildman–Crippen LogP) is 5.51. The molecule has 106 valence electrons. The van der Waals surface area contributed by atoms with E-state index in [1.807, 2.05) is 55.5 Å². The van der Waals surface area contributed by atoms with Crippen LogP contribution in [-0.2, 0) is 0 Å². The molecule has 2 rings (SSSR count). The molecule has 2 aromatic carbocycles. The second-order valence-electron chi connectivity index (χ2n) is 4.66. The molecule has 0 spiro atoms. The van der Waals surface area contributed by atoms with Crippen LogP contribution in [0.1, 0.15) is 22.6 Å². The highest BCUT2D eigenvalue weighted by atomic mass is 35.6. The summed E-state index contributed by atoms with van der Waals surface area (Å²) in [5, 5.41) is 0. The molecule has 0 saturated carbocycles. The van der Waals surface area contributed by atoms with Crippen LogP contribution in [0.4, 0.5) is 0 Å². The fourth-order valence-electron chi connectivity index (χ4n) is 2.13. The van der Waals surface area contributed by atoms with Crippen molar-refractivity contribution in [2.75, 3.05) is 7.11 Å². The maximum Gasteiger partial charge on any atom is 0.201 e. The first-order valence-corrected chi connectivity index (χ1v) is 7.32. The molecular formula is C16H15Cl3O. The molecule has 0 aromatic heterocycles. The Balaban J connectivity index is 2.44. The third-order valence-corrected chi connectivity index (χ3v) is 3.84. The van der Waals surface area contributed by atoms with E-state index in [0.717, 1.165) is 16.9 Å². The maximum atomic E-state index is 6.18. The van der Waals surface area contributed by atoms with E-state index in [0.29, 0.717) is 0 Å². The summed E-state index contributed by atoms with van der Waals surface area (Å²) in [7, 11) is 1.63. The van der Waals surface area contributed by atoms with Crippen molar-refractivity contribution in [2.24, 2.45) is 0 Å². The summed E-state index contributed by atoms with van der Waals surface area (Å²) in [5.41, 5.74) is 3.09. The average Bonchev–Trinajstić information content (AvgIpc) is 2.41. The number of alkyl halides is 3. The van der Waals surface area contributed by atoms with E-state index >= 15 is 0 Å². The fraction of sp³-hybridized carbons (Fsp3) is 0.250. The summed E-state index contributed by atoms with van der Waals surface area (Å²) < 4.78 is 3.74. The summed E-state index contributed by atoms with van der Waals surface area (Å²) in [5.74, 6) is 0.458. The van der Waals surface area contributed by atoms with Gasteiger partial charge >= 0.3 is 0 Å². The van der Waals surface area contributed by atoms with Crippen molar-refractivity contribution in [1.29, 1.82) is 0 Å². The summed E-state index contributed by atoms with van der Waals surface area (Å²) in [4.78, 5) is 0. The number of hydrogen-bond acceptors (Lipinski definition) is 1. The first-order chi connectivity index (χ1) is 9.41. The molecule has 0 saturated heterocycles. The Bertz CT molecular complexity index is 556. The van der Waals surface area contributed by atoms with Gasteiger partial charge in [-0.05, 0) is 30.2 Å². The zero-order valence-electron chi connectivity index (χ0n) is 11.2. The van der Waals surface area contributed by atoms with Crippen LogP contribution in [0.3, 0.4) is 0 Å². The lowest BCUT2D eigenvalue weighted by Crippen LogP contribution is -2.18. The lowest BCUT2D eigenvalue weighted by atomic mass is 9.92. The number of halogens is 3. The molecule has 0 radical (unpaired) electrons. The number of ether oxygens (including phenoxy) is 1. The van der Waals surface area contributed by atoms with Crippen molar-refractivity contribution in [3.05, 3.63) is 65.2 Å². The summed E-state index contributed by atoms with van der Waals surface area (Å²) in [6.07, 6.45) is 0. The Hall–Kier alpha value is -0.890. The summed E-state index contributed by atoms with van der Waals surface area (Å²) in [6, 6.07) is 15.6. The molecule has 0 amide bonds. The minimum Gasteiger partial charge on any atom is -0.497 e. The molecule has 0 unspecified atom stereocenters. The molecule has 4 heteroatoms. The Kier molecular flexibility index (Phi) is 4.85. The van der Waals surface area contributed by atoms with E-state index in [1.165, 1.54) is 5.56 Å². The fourth-order valence-corrected chi connectivity index (χ4v) is 2.88. The van der Waals surface area contributed by atoms with Gasteiger partial charge < -0.3 is 4.74 Å². The zero-order chi connectivity index (χ0) is 14.8. The van der Waals surface area contributed by atoms with Crippen LogP contribution < -0.4 is 4.74 Å². The average molecular weight is 330 g/mol. The smallest absolute Gasteiger partial charge is 0.201 e. The third kappa shape index (κ3) is 3.60. The highest BCUT2D eigenvalue weighted by Gasteiger charge is 2.35. The van der Waals surface area contributed by atoms with E-state index in [-0.39, 0.29) is 5.92 Å². The Morgan fingerprint density at radius 2 is 1.30 bits per heavy atom. The van der Waals surface area contributed by atoms with E-state index in [9.17, 15) is 0 Å². The first-order valence-electron chi connectivity index (χ1n) is 6.19. The van der Waals surface area contributed by atoms with Gasteiger partial charge in [-0.3, -0.25) is 0 Å². The van der Waals surface area contributed by atoms with Crippen LogP contribution in [0.25, 0.3) is 0 Å². The molecule has 20 heavy (non-hydrogen) atoms. The van der Waals surface area contributed by atoms with Gasteiger partial charge in [0, 0.05) is 0 Å². The number of methoxy groups -OCH3 is 1. The van der Waals surface area contributed by atoms with E-state index in [2.05, 4.69) is 0 Å². The Morgan fingerprint density at radius 1 is 0.850 bits per heavy atom. The summed E-state index contributed by atoms with van der Waals surface area (Å²) >= 11 is 18.5. The van der Waals surface area contributed by atoms with Crippen molar-refractivity contribution in [3.63, 3.8) is 0 Å². The summed E-state index contributed by atoms with van der Waals surface area (Å²) in [6.45, 7) is 2.03. The molecule has 0 bridgehead atoms. The lowest BCUT2D eigenvalue weighted by molar-refractivity contribution is 0.414. The zero-order valence-corrected chi connectivity index (χ0v) is 13.5. The number of aryl methyl sites for hydroxylation is 1. The lowest BCUT2D eigenvalue weighted by Gasteiger charge is -2.25. The molecule has 2 aromatic rings. The standard InChI is InChI=1S/C16H15Cl3O/c1-11-3-5-12(6-4-11)15(16(17,18)19)13-7-9-14(20-2)10-8-13/h3-10,15H,1-2H3/t15-/m1/s1. The minimum absolute atomic E-state index is 0.320. The second-order valence-corrected chi connectivity index (χ2v) is 7.03. The second kappa shape index (κ2) is 6.26. The van der Waals surface area contributed by atoms with Crippen molar-refractivity contribution in [2.45, 2.75) is 16.6 Å². The molecule has 0 aliphatic rings. The van der Waals surface area contributed by atoms with Gasteiger partial charge in [0.2, 0.25) is 3.79 Å². The minimum atomic E-state index is -1.41. The van der Waals surface area contributed by atoms with Crippen LogP contribution >= 0.6 is 34.8 Å². The van der Waals surface area contributed by atoms with Crippen LogP contribution in [0.2, 0.25) is 0 Å². The molecule has 0 aliphatic heterocycles. The molecule has 1 nitrogen and oxygen atoms in total. The highest BCUT2D eigenvalue weighted by molar-refractivity contribution is 6.68. The van der Waals surface area contributed by atoms with E-state index < -0.39 is 3.79 Å². The van der Waals surface area contributed by atoms with Gasteiger partial charge in [-0.25, -0.2) is 0 Å². The van der Waals surface area contributed by atoms with Gasteiger partial charge in [-0.15, -0.1) is 0 Å². The van der Waals surface area contributed by atoms with Gasteiger partial charge in [0.25, 0.3) is 0 Å². The van der Waals surface area contributed by atoms with Crippen molar-refractivity contribution in [1.82, 2.24) is 0 Å². The van der Waals surface area contributed by atoms with Crippen LogP contribution in [-0.4, -0.2) is 10.9 Å². The largest absolute Gasteiger partial charge is 0.497 e. The SMILES string of the molecule is COc1ccc([C@@H](c2ccc(C)cc2)C(Cl)(Cl)Cl)cc1. The molecule has 0 aliphatic carbocycles. The highest BCUT2D eigenvalue weighted by Crippen LogP contribution is 2.45. The van der Waals surface area contributed by atoms with E-state index in [1.54, 1.807) is 7.11 Å².